The van der Waals surface area contributed by atoms with Gasteiger partial charge in [0, 0.05) is 25.2 Å². The van der Waals surface area contributed by atoms with Crippen LogP contribution in [0.25, 0.3) is 0 Å². The van der Waals surface area contributed by atoms with Crippen molar-refractivity contribution in [3.05, 3.63) is 0 Å². The molecule has 2 aliphatic rings. The summed E-state index contributed by atoms with van der Waals surface area (Å²) in [7, 11) is 0. The number of hydrogen-bond donors (Lipinski definition) is 1. The molecule has 1 aliphatic heterocycles. The molecule has 0 aromatic carbocycles. The summed E-state index contributed by atoms with van der Waals surface area (Å²) >= 11 is 0. The van der Waals surface area contributed by atoms with E-state index in [-0.39, 0.29) is 0 Å². The summed E-state index contributed by atoms with van der Waals surface area (Å²) in [5.41, 5.74) is 0. The van der Waals surface area contributed by atoms with Crippen molar-refractivity contribution in [2.75, 3.05) is 19.6 Å². The van der Waals surface area contributed by atoms with Gasteiger partial charge in [0.2, 0.25) is 0 Å². The lowest BCUT2D eigenvalue weighted by molar-refractivity contribution is 0.118. The zero-order valence-corrected chi connectivity index (χ0v) is 12.6. The first-order valence-electron chi connectivity index (χ1n) is 8.04. The monoisotopic (exact) mass is 263 g/mol. The summed E-state index contributed by atoms with van der Waals surface area (Å²) in [6, 6.07) is 3.64. The average Bonchev–Trinajstić information content (AvgIpc) is 2.40. The first kappa shape index (κ1) is 14.8. The number of nitriles is 1. The zero-order valence-electron chi connectivity index (χ0n) is 12.6. The Morgan fingerprint density at radius 1 is 1.16 bits per heavy atom. The molecule has 108 valence electrons. The van der Waals surface area contributed by atoms with Crippen LogP contribution in [-0.4, -0.2) is 36.6 Å². The SMILES string of the molecule is CC(C)C1CC(NC2CCCCC2)CN(CC#N)C1. The van der Waals surface area contributed by atoms with Gasteiger partial charge in [-0.25, -0.2) is 0 Å². The number of likely N-dealkylation sites (tertiary alicyclic amines) is 1. The number of nitrogens with one attached hydrogen (secondary N) is 1. The largest absolute Gasteiger partial charge is 0.310 e. The van der Waals surface area contributed by atoms with Crippen LogP contribution in [0.2, 0.25) is 0 Å². The van der Waals surface area contributed by atoms with Gasteiger partial charge in [-0.1, -0.05) is 33.1 Å². The molecule has 1 saturated carbocycles. The van der Waals surface area contributed by atoms with Crippen LogP contribution in [0.3, 0.4) is 0 Å². The Labute approximate surface area is 118 Å². The fourth-order valence-corrected chi connectivity index (χ4v) is 3.67. The fraction of sp³-hybridized carbons (Fsp3) is 0.938. The molecule has 0 aromatic heterocycles. The van der Waals surface area contributed by atoms with E-state index in [1.807, 2.05) is 0 Å². The first-order chi connectivity index (χ1) is 9.19. The van der Waals surface area contributed by atoms with Gasteiger partial charge in [-0.05, 0) is 31.1 Å². The van der Waals surface area contributed by atoms with Crippen LogP contribution in [0, 0.1) is 23.2 Å². The van der Waals surface area contributed by atoms with Gasteiger partial charge >= 0.3 is 0 Å². The van der Waals surface area contributed by atoms with E-state index in [1.54, 1.807) is 0 Å². The summed E-state index contributed by atoms with van der Waals surface area (Å²) in [6.07, 6.45) is 8.18. The Kier molecular flexibility index (Phi) is 5.66. The Morgan fingerprint density at radius 3 is 2.53 bits per heavy atom. The van der Waals surface area contributed by atoms with Gasteiger partial charge in [0.15, 0.2) is 0 Å². The minimum atomic E-state index is 0.589. The molecule has 2 fully saturated rings. The second kappa shape index (κ2) is 7.26. The molecule has 0 aromatic rings. The van der Waals surface area contributed by atoms with Gasteiger partial charge in [-0.2, -0.15) is 5.26 Å². The van der Waals surface area contributed by atoms with Crippen molar-refractivity contribution in [2.24, 2.45) is 11.8 Å². The van der Waals surface area contributed by atoms with E-state index in [0.717, 1.165) is 31.0 Å². The lowest BCUT2D eigenvalue weighted by Gasteiger charge is -2.40. The van der Waals surface area contributed by atoms with Crippen LogP contribution >= 0.6 is 0 Å². The van der Waals surface area contributed by atoms with Crippen LogP contribution in [0.4, 0.5) is 0 Å². The second-order valence-electron chi connectivity index (χ2n) is 6.79. The predicted molar refractivity (Wildman–Crippen MR) is 78.8 cm³/mol. The van der Waals surface area contributed by atoms with Crippen molar-refractivity contribution in [3.8, 4) is 6.07 Å². The highest BCUT2D eigenvalue weighted by Gasteiger charge is 2.30. The highest BCUT2D eigenvalue weighted by Crippen LogP contribution is 2.25. The summed E-state index contributed by atoms with van der Waals surface area (Å²) in [4.78, 5) is 2.34. The van der Waals surface area contributed by atoms with Gasteiger partial charge in [0.05, 0.1) is 12.6 Å². The number of nitrogens with zero attached hydrogens (tertiary/aromatic N) is 2. The molecule has 1 aliphatic carbocycles. The Balaban J connectivity index is 1.88. The highest BCUT2D eigenvalue weighted by atomic mass is 15.2. The number of piperidine rings is 1. The van der Waals surface area contributed by atoms with Crippen molar-refractivity contribution >= 4 is 0 Å². The van der Waals surface area contributed by atoms with Gasteiger partial charge < -0.3 is 5.32 Å². The van der Waals surface area contributed by atoms with E-state index in [1.165, 1.54) is 38.5 Å². The molecular formula is C16H29N3. The molecule has 1 heterocycles. The predicted octanol–water partition coefficient (Wildman–Crippen LogP) is 2.78. The molecule has 1 saturated heterocycles. The maximum Gasteiger partial charge on any atom is 0.0866 e. The summed E-state index contributed by atoms with van der Waals surface area (Å²) in [6.45, 7) is 7.39. The third-order valence-electron chi connectivity index (χ3n) is 4.87. The van der Waals surface area contributed by atoms with Gasteiger partial charge in [0.25, 0.3) is 0 Å². The molecule has 19 heavy (non-hydrogen) atoms. The van der Waals surface area contributed by atoms with Gasteiger partial charge in [-0.15, -0.1) is 0 Å². The summed E-state index contributed by atoms with van der Waals surface area (Å²) < 4.78 is 0. The van der Waals surface area contributed by atoms with Crippen LogP contribution in [-0.2, 0) is 0 Å². The average molecular weight is 263 g/mol. The van der Waals surface area contributed by atoms with Crippen LogP contribution in [0.1, 0.15) is 52.4 Å². The topological polar surface area (TPSA) is 39.1 Å². The van der Waals surface area contributed by atoms with Crippen molar-refractivity contribution in [1.82, 2.24) is 10.2 Å². The number of rotatable bonds is 4. The molecular weight excluding hydrogens is 234 g/mol. The van der Waals surface area contributed by atoms with Crippen molar-refractivity contribution in [1.29, 1.82) is 5.26 Å². The molecule has 0 amide bonds. The minimum Gasteiger partial charge on any atom is -0.310 e. The zero-order chi connectivity index (χ0) is 13.7. The van der Waals surface area contributed by atoms with E-state index in [4.69, 9.17) is 5.26 Å². The maximum atomic E-state index is 8.94. The van der Waals surface area contributed by atoms with Crippen molar-refractivity contribution < 1.29 is 0 Å². The quantitative estimate of drug-likeness (QED) is 0.793. The molecule has 3 heteroatoms. The molecule has 0 radical (unpaired) electrons. The molecule has 2 rings (SSSR count). The van der Waals surface area contributed by atoms with Gasteiger partial charge in [-0.3, -0.25) is 4.90 Å². The van der Waals surface area contributed by atoms with E-state index >= 15 is 0 Å². The highest BCUT2D eigenvalue weighted by molar-refractivity contribution is 4.90. The smallest absolute Gasteiger partial charge is 0.0866 e. The van der Waals surface area contributed by atoms with Crippen molar-refractivity contribution in [3.63, 3.8) is 0 Å². The second-order valence-corrected chi connectivity index (χ2v) is 6.79. The van der Waals surface area contributed by atoms with Crippen LogP contribution < -0.4 is 5.32 Å². The fourth-order valence-electron chi connectivity index (χ4n) is 3.67. The Bertz CT molecular complexity index is 302. The van der Waals surface area contributed by atoms with E-state index < -0.39 is 0 Å². The van der Waals surface area contributed by atoms with E-state index in [9.17, 15) is 0 Å². The van der Waals surface area contributed by atoms with Gasteiger partial charge in [0.1, 0.15) is 0 Å². The summed E-state index contributed by atoms with van der Waals surface area (Å²) in [5.74, 6) is 1.46. The molecule has 2 unspecified atom stereocenters. The first-order valence-corrected chi connectivity index (χ1v) is 8.04. The third-order valence-corrected chi connectivity index (χ3v) is 4.87. The normalized spacial score (nSPS) is 30.4. The van der Waals surface area contributed by atoms with E-state index in [2.05, 4.69) is 30.1 Å². The lowest BCUT2D eigenvalue weighted by Crippen LogP contribution is -2.53. The minimum absolute atomic E-state index is 0.589. The summed E-state index contributed by atoms with van der Waals surface area (Å²) in [5, 5.41) is 12.8. The maximum absolute atomic E-state index is 8.94. The molecule has 0 bridgehead atoms. The molecule has 1 N–H and O–H groups in total. The Hall–Kier alpha value is -0.590. The lowest BCUT2D eigenvalue weighted by atomic mass is 9.84. The van der Waals surface area contributed by atoms with Crippen molar-refractivity contribution in [2.45, 2.75) is 64.5 Å². The molecule has 2 atom stereocenters. The number of hydrogen-bond acceptors (Lipinski definition) is 3. The Morgan fingerprint density at radius 2 is 1.89 bits per heavy atom. The van der Waals surface area contributed by atoms with E-state index in [0.29, 0.717) is 12.6 Å². The molecule has 0 spiro atoms. The standard InChI is InChI=1S/C16H29N3/c1-13(2)14-10-16(12-19(11-14)9-8-17)18-15-6-4-3-5-7-15/h13-16,18H,3-7,9-12H2,1-2H3. The van der Waals surface area contributed by atoms with Crippen LogP contribution in [0.15, 0.2) is 0 Å². The van der Waals surface area contributed by atoms with Crippen LogP contribution in [0.5, 0.6) is 0 Å². The molecule has 3 nitrogen and oxygen atoms in total. The third kappa shape index (κ3) is 4.47.